The summed E-state index contributed by atoms with van der Waals surface area (Å²) in [7, 11) is 0. The second-order valence-electron chi connectivity index (χ2n) is 4.75. The highest BCUT2D eigenvalue weighted by Crippen LogP contribution is 2.07. The Morgan fingerprint density at radius 3 is 2.65 bits per heavy atom. The number of aromatic nitrogens is 1. The number of hydrogen-bond acceptors (Lipinski definition) is 4. The second-order valence-corrected chi connectivity index (χ2v) is 4.75. The molecule has 0 saturated carbocycles. The average Bonchev–Trinajstić information content (AvgIpc) is 2.60. The molecule has 0 unspecified atom stereocenters. The number of hydrogen-bond donors (Lipinski definition) is 1. The van der Waals surface area contributed by atoms with Gasteiger partial charge in [0.15, 0.2) is 0 Å². The van der Waals surface area contributed by atoms with Gasteiger partial charge in [-0.3, -0.25) is 9.78 Å². The van der Waals surface area contributed by atoms with Crippen LogP contribution in [0.3, 0.4) is 0 Å². The molecule has 23 heavy (non-hydrogen) atoms. The third kappa shape index (κ3) is 5.39. The van der Waals surface area contributed by atoms with Gasteiger partial charge >= 0.3 is 5.97 Å². The van der Waals surface area contributed by atoms with E-state index in [9.17, 15) is 9.59 Å². The number of pyridine rings is 1. The molecule has 118 valence electrons. The summed E-state index contributed by atoms with van der Waals surface area (Å²) < 4.78 is 4.82. The first-order valence-electron chi connectivity index (χ1n) is 7.31. The van der Waals surface area contributed by atoms with Crippen LogP contribution >= 0.6 is 0 Å². The zero-order valence-electron chi connectivity index (χ0n) is 12.9. The van der Waals surface area contributed by atoms with Gasteiger partial charge in [0.05, 0.1) is 12.2 Å². The number of nitrogens with one attached hydrogen (secondary N) is 1. The summed E-state index contributed by atoms with van der Waals surface area (Å²) in [6, 6.07) is 11.0. The molecule has 0 aliphatic carbocycles. The third-order valence-corrected chi connectivity index (χ3v) is 3.05. The average molecular weight is 310 g/mol. The molecule has 0 aliphatic rings. The molecule has 1 N–H and O–H groups in total. The number of amides is 1. The van der Waals surface area contributed by atoms with E-state index in [0.29, 0.717) is 18.7 Å². The van der Waals surface area contributed by atoms with E-state index >= 15 is 0 Å². The predicted octanol–water partition coefficient (Wildman–Crippen LogP) is 2.59. The van der Waals surface area contributed by atoms with Crippen molar-refractivity contribution in [2.75, 3.05) is 6.61 Å². The van der Waals surface area contributed by atoms with Crippen molar-refractivity contribution in [2.45, 2.75) is 13.5 Å². The Labute approximate surface area is 135 Å². The molecule has 0 spiro atoms. The summed E-state index contributed by atoms with van der Waals surface area (Å²) in [6.07, 6.45) is 6.23. The molecule has 0 aliphatic heterocycles. The maximum atomic E-state index is 11.9. The lowest BCUT2D eigenvalue weighted by atomic mass is 10.1. The summed E-state index contributed by atoms with van der Waals surface area (Å²) in [5.74, 6) is -0.523. The monoisotopic (exact) mass is 310 g/mol. The van der Waals surface area contributed by atoms with E-state index in [4.69, 9.17) is 4.74 Å². The molecule has 2 rings (SSSR count). The van der Waals surface area contributed by atoms with Gasteiger partial charge in [-0.15, -0.1) is 0 Å². The van der Waals surface area contributed by atoms with Crippen LogP contribution in [0.4, 0.5) is 0 Å². The number of carbonyl (C=O) groups excluding carboxylic acids is 2. The third-order valence-electron chi connectivity index (χ3n) is 3.05. The van der Waals surface area contributed by atoms with Crippen LogP contribution in [0.15, 0.2) is 54.9 Å². The lowest BCUT2D eigenvalue weighted by Gasteiger charge is -2.05. The number of rotatable bonds is 6. The van der Waals surface area contributed by atoms with E-state index in [2.05, 4.69) is 10.3 Å². The van der Waals surface area contributed by atoms with Crippen LogP contribution in [0.2, 0.25) is 0 Å². The smallest absolute Gasteiger partial charge is 0.330 e. The summed E-state index contributed by atoms with van der Waals surface area (Å²) in [5.41, 5.74) is 2.39. The van der Waals surface area contributed by atoms with Gasteiger partial charge in [0.1, 0.15) is 0 Å². The SMILES string of the molecule is CCOC(=O)/C=C/c1ccc(CNC(=O)c2cccnc2)cc1. The molecule has 0 saturated heterocycles. The van der Waals surface area contributed by atoms with Crippen LogP contribution in [0.1, 0.15) is 28.4 Å². The van der Waals surface area contributed by atoms with Crippen molar-refractivity contribution in [1.82, 2.24) is 10.3 Å². The summed E-state index contributed by atoms with van der Waals surface area (Å²) in [4.78, 5) is 27.1. The van der Waals surface area contributed by atoms with Crippen LogP contribution in [-0.2, 0) is 16.1 Å². The summed E-state index contributed by atoms with van der Waals surface area (Å²) in [5, 5.41) is 2.83. The van der Waals surface area contributed by atoms with Gasteiger partial charge in [0, 0.05) is 25.0 Å². The van der Waals surface area contributed by atoms with E-state index < -0.39 is 0 Å². The fourth-order valence-electron chi connectivity index (χ4n) is 1.88. The van der Waals surface area contributed by atoms with Crippen LogP contribution in [0.25, 0.3) is 6.08 Å². The minimum Gasteiger partial charge on any atom is -0.463 e. The van der Waals surface area contributed by atoms with Crippen molar-refractivity contribution >= 4 is 18.0 Å². The van der Waals surface area contributed by atoms with E-state index in [1.165, 1.54) is 12.3 Å². The molecule has 5 heteroatoms. The number of ether oxygens (including phenoxy) is 1. The van der Waals surface area contributed by atoms with Gasteiger partial charge in [-0.1, -0.05) is 24.3 Å². The van der Waals surface area contributed by atoms with Gasteiger partial charge in [0.25, 0.3) is 5.91 Å². The molecule has 0 radical (unpaired) electrons. The Bertz CT molecular complexity index is 679. The first-order valence-corrected chi connectivity index (χ1v) is 7.31. The summed E-state index contributed by atoms with van der Waals surface area (Å²) in [6.45, 7) is 2.55. The van der Waals surface area contributed by atoms with Gasteiger partial charge in [-0.25, -0.2) is 4.79 Å². The predicted molar refractivity (Wildman–Crippen MR) is 87.5 cm³/mol. The standard InChI is InChI=1S/C18H18N2O3/c1-2-23-17(21)10-9-14-5-7-15(8-6-14)12-20-18(22)16-4-3-11-19-13-16/h3-11,13H,2,12H2,1H3,(H,20,22)/b10-9+. The second kappa shape index (κ2) is 8.48. The zero-order chi connectivity index (χ0) is 16.5. The Kier molecular flexibility index (Phi) is 6.06. The van der Waals surface area contributed by atoms with Crippen molar-refractivity contribution < 1.29 is 14.3 Å². The number of carbonyl (C=O) groups is 2. The molecule has 0 fully saturated rings. The van der Waals surface area contributed by atoms with Gasteiger partial charge in [0.2, 0.25) is 0 Å². The van der Waals surface area contributed by atoms with Gasteiger partial charge in [-0.2, -0.15) is 0 Å². The Morgan fingerprint density at radius 1 is 1.22 bits per heavy atom. The highest BCUT2D eigenvalue weighted by molar-refractivity contribution is 5.93. The number of nitrogens with zero attached hydrogens (tertiary/aromatic N) is 1. The quantitative estimate of drug-likeness (QED) is 0.658. The van der Waals surface area contributed by atoms with E-state index in [1.807, 2.05) is 24.3 Å². The molecule has 2 aromatic rings. The minimum atomic E-state index is -0.361. The first-order chi connectivity index (χ1) is 11.2. The fraction of sp³-hybridized carbons (Fsp3) is 0.167. The van der Waals surface area contributed by atoms with Gasteiger partial charge < -0.3 is 10.1 Å². The van der Waals surface area contributed by atoms with Crippen molar-refractivity contribution in [1.29, 1.82) is 0 Å². The highest BCUT2D eigenvalue weighted by Gasteiger charge is 2.04. The molecule has 0 bridgehead atoms. The maximum absolute atomic E-state index is 11.9. The van der Waals surface area contributed by atoms with Crippen molar-refractivity contribution in [3.05, 3.63) is 71.6 Å². The van der Waals surface area contributed by atoms with Crippen molar-refractivity contribution in [3.63, 3.8) is 0 Å². The topological polar surface area (TPSA) is 68.3 Å². The molecular weight excluding hydrogens is 292 g/mol. The van der Waals surface area contributed by atoms with Crippen LogP contribution < -0.4 is 5.32 Å². The van der Waals surface area contributed by atoms with E-state index in [-0.39, 0.29) is 11.9 Å². The fourth-order valence-corrected chi connectivity index (χ4v) is 1.88. The molecule has 0 atom stereocenters. The molecular formula is C18H18N2O3. The lowest BCUT2D eigenvalue weighted by Crippen LogP contribution is -2.22. The Balaban J connectivity index is 1.88. The Morgan fingerprint density at radius 2 is 2.00 bits per heavy atom. The lowest BCUT2D eigenvalue weighted by molar-refractivity contribution is -0.137. The molecule has 5 nitrogen and oxygen atoms in total. The van der Waals surface area contributed by atoms with Crippen molar-refractivity contribution in [3.8, 4) is 0 Å². The molecule has 1 aromatic heterocycles. The minimum absolute atomic E-state index is 0.163. The number of benzene rings is 1. The molecule has 1 amide bonds. The van der Waals surface area contributed by atoms with E-state index in [1.54, 1.807) is 31.3 Å². The van der Waals surface area contributed by atoms with Crippen LogP contribution in [-0.4, -0.2) is 23.5 Å². The number of esters is 1. The highest BCUT2D eigenvalue weighted by atomic mass is 16.5. The van der Waals surface area contributed by atoms with Crippen molar-refractivity contribution in [2.24, 2.45) is 0 Å². The van der Waals surface area contributed by atoms with E-state index in [0.717, 1.165) is 11.1 Å². The van der Waals surface area contributed by atoms with Crippen LogP contribution in [0.5, 0.6) is 0 Å². The Hall–Kier alpha value is -2.95. The summed E-state index contributed by atoms with van der Waals surface area (Å²) >= 11 is 0. The molecule has 1 aromatic carbocycles. The van der Waals surface area contributed by atoms with Crippen LogP contribution in [0, 0.1) is 0 Å². The molecule has 1 heterocycles. The first kappa shape index (κ1) is 16.4. The normalized spacial score (nSPS) is 10.5. The zero-order valence-corrected chi connectivity index (χ0v) is 12.9. The largest absolute Gasteiger partial charge is 0.463 e. The van der Waals surface area contributed by atoms with Gasteiger partial charge in [-0.05, 0) is 36.3 Å². The maximum Gasteiger partial charge on any atom is 0.330 e.